The van der Waals surface area contributed by atoms with Gasteiger partial charge in [-0.3, -0.25) is 4.79 Å². The van der Waals surface area contributed by atoms with Crippen molar-refractivity contribution in [2.24, 2.45) is 25.0 Å². The maximum atomic E-state index is 12.9. The maximum Gasteiger partial charge on any atom is 0.200 e. The van der Waals surface area contributed by atoms with Gasteiger partial charge in [0.1, 0.15) is 97.9 Å². The van der Waals surface area contributed by atoms with Crippen molar-refractivity contribution in [1.29, 1.82) is 0 Å². The number of aromatic hydroxyl groups is 1. The Labute approximate surface area is 883 Å². The van der Waals surface area contributed by atoms with Crippen LogP contribution in [0.15, 0.2) is 233 Å². The minimum atomic E-state index is -2.87. The van der Waals surface area contributed by atoms with Crippen molar-refractivity contribution in [2.45, 2.75) is 187 Å². The second-order valence-electron chi connectivity index (χ2n) is 47.1. The topological polar surface area (TPSA) is 206 Å². The molecule has 0 radical (unpaired) electrons. The molecule has 0 amide bonds. The Bertz CT molecular complexity index is 6470. The summed E-state index contributed by atoms with van der Waals surface area (Å²) in [7, 11) is -11.4. The number of hydrogen-bond donors (Lipinski definition) is 1. The van der Waals surface area contributed by atoms with E-state index in [-0.39, 0.29) is 31.7 Å². The van der Waals surface area contributed by atoms with E-state index in [4.69, 9.17) is 53.1 Å². The summed E-state index contributed by atoms with van der Waals surface area (Å²) >= 11 is 0. The third-order valence-corrected chi connectivity index (χ3v) is 62.2. The highest BCUT2D eigenvalue weighted by Gasteiger charge is 2.63. The third kappa shape index (κ3) is 20.2. The minimum absolute atomic E-state index is 0.0488. The molecule has 0 spiro atoms. The standard InChI is InChI=1S/C29H42N3OSi.C28H40N3O2Si.C26H36N3O2Si.C24H32N3O2Si.C13H10NO3P/c1-28(2,3)34(29(4,5)6)26-20-22(31-14-8-7-9-15-31)10-12-24(26)30-25-13-11-23(21-27(25)34)32-16-18-33-19-17-32;1-27(2,3)34(28(4,5)6)25-19-21(30-11-15-32-16-12-30)7-9-23(25)29-24-10-8-22(20-26(24)34)31-13-17-33-18-14-31;1-19(2)32(20(3)4)25-17-21(28-9-13-30-14-10-28)5-7-23(25)27-24-8-6-22(18-26(24)32)29-11-15-31-16-12-29;1-3-30(4-2)23-17-19(26-9-13-28-14-10-26)5-7-21(23)25-22-8-6-20(18-24(22)30)27-11-15-29-16-12-27;1-18(17)12-6-8(15)2-4-10(12)14-11-5-3-9(16)7-13(11)18/h10-13,20-21H,7-9,14-19H2,1-6H3;7-10,19-20H,11-18H2,1-6H3;5-8,17-20H,9-16H2,1-4H3;5-8,17-18H,3-4,9-16H2,1-2H3;2-7,15H,1H3/q4*+1;. The largest absolute Gasteiger partial charge is 0.508 e. The summed E-state index contributed by atoms with van der Waals surface area (Å²) in [6, 6.07) is 35.1. The van der Waals surface area contributed by atoms with Crippen molar-refractivity contribution in [1.82, 2.24) is 0 Å². The van der Waals surface area contributed by atoms with Gasteiger partial charge in [-0.25, -0.2) is 43.3 Å². The molecule has 8 fully saturated rings. The number of ether oxygens (including phenoxy) is 7. The van der Waals surface area contributed by atoms with Crippen LogP contribution in [-0.4, -0.2) is 317 Å². The van der Waals surface area contributed by atoms with E-state index in [0.29, 0.717) is 33.1 Å². The van der Waals surface area contributed by atoms with Crippen LogP contribution in [0, 0.1) is 0 Å². The SMILES string of the molecule is CC(C)(C)[Si]1(C(C)(C)C)C2=CC(=[N+]3CCCCC3)C=CC2=Nc2ccc(N3CCOCC3)cc21.CC(C)(C)[Si]1(C(C)(C)C)C2=CC(=[N+]3CCOCC3)C=CC2=Nc2ccc(N3CCOCC3)cc21.CC(C)[Si]1(C(C)C)C2=CC(=[N+]3CCOCC3)C=CC2=Nc2ccc(N3CCOCC3)cc21.CC[Si]1(CC)C2=CC(=[N+]3CCOCC3)C=CC2=Nc2ccc(N3CCOCC3)cc21.CP1(=O)C2=CC(=O)C=CC2=Nc2ccc(O)cc21. The number of rotatable bonds is 8. The van der Waals surface area contributed by atoms with Crippen molar-refractivity contribution >= 4 is 174 Å². The number of phenolic OH excluding ortho intramolecular Hbond substituents is 1. The van der Waals surface area contributed by atoms with Gasteiger partial charge in [0, 0.05) is 147 Å². The molecule has 23 nitrogen and oxygen atoms in total. The zero-order valence-electron chi connectivity index (χ0n) is 91.6. The highest BCUT2D eigenvalue weighted by atomic mass is 31.2. The highest BCUT2D eigenvalue weighted by molar-refractivity contribution is 7.76. The van der Waals surface area contributed by atoms with Crippen LogP contribution in [0.4, 0.5) is 51.2 Å². The quantitative estimate of drug-likeness (QED) is 0.0664. The highest BCUT2D eigenvalue weighted by Crippen LogP contribution is 2.61. The van der Waals surface area contributed by atoms with Crippen LogP contribution in [-0.2, 0) is 42.5 Å². The summed E-state index contributed by atoms with van der Waals surface area (Å²) in [4.78, 5) is 46.5. The van der Waals surface area contributed by atoms with Crippen LogP contribution < -0.4 is 45.7 Å². The summed E-state index contributed by atoms with van der Waals surface area (Å²) in [6.45, 7) is 73.0. The number of allylic oxidation sites excluding steroid dienone is 20. The van der Waals surface area contributed by atoms with Crippen LogP contribution in [0.3, 0.4) is 0 Å². The molecule has 23 rings (SSSR count). The molecule has 5 aromatic carbocycles. The Balaban J connectivity index is 0.000000118. The monoisotopic (exact) mass is 2090 g/mol. The molecule has 1 N–H and O–H groups in total. The van der Waals surface area contributed by atoms with Gasteiger partial charge >= 0.3 is 0 Å². The summed E-state index contributed by atoms with van der Waals surface area (Å²) in [6.07, 6.45) is 36.6. The first-order valence-corrected chi connectivity index (χ1v) is 65.7. The molecular formula is C120H160N13O10PSi4+4. The Kier molecular flexibility index (Phi) is 31.4. The maximum absolute atomic E-state index is 12.9. The normalized spacial score (nSPS) is 23.0. The van der Waals surface area contributed by atoms with E-state index < -0.39 is 39.4 Å². The summed E-state index contributed by atoms with van der Waals surface area (Å²) in [5.41, 5.74) is 22.5. The second-order valence-corrected chi connectivity index (χ2v) is 70.9. The lowest BCUT2D eigenvalue weighted by atomic mass is 10.1. The van der Waals surface area contributed by atoms with Gasteiger partial charge in [0.15, 0.2) is 67.9 Å². The molecule has 13 aliphatic heterocycles. The van der Waals surface area contributed by atoms with Gasteiger partial charge in [0.05, 0.1) is 110 Å². The van der Waals surface area contributed by atoms with Crippen molar-refractivity contribution < 1.29 is 65.9 Å². The molecule has 28 heteroatoms. The Morgan fingerprint density at radius 1 is 0.345 bits per heavy atom. The van der Waals surface area contributed by atoms with E-state index in [2.05, 4.69) is 313 Å². The van der Waals surface area contributed by atoms with E-state index >= 15 is 0 Å². The third-order valence-electron chi connectivity index (χ3n) is 34.3. The molecule has 8 saturated heterocycles. The Hall–Kier alpha value is -9.98. The molecule has 148 heavy (non-hydrogen) atoms. The van der Waals surface area contributed by atoms with Crippen molar-refractivity contribution in [2.75, 3.05) is 223 Å². The van der Waals surface area contributed by atoms with Crippen LogP contribution in [0.2, 0.25) is 43.3 Å². The minimum Gasteiger partial charge on any atom is -0.508 e. The average molecular weight is 2090 g/mol. The molecule has 13 heterocycles. The van der Waals surface area contributed by atoms with Gasteiger partial charge in [-0.1, -0.05) is 137 Å². The number of anilines is 4. The smallest absolute Gasteiger partial charge is 0.200 e. The number of nitrogens with zero attached hydrogens (tertiary/aromatic N) is 13. The number of hydrogen-bond acceptors (Lipinski definition) is 19. The first-order chi connectivity index (χ1) is 71.0. The molecule has 0 bridgehead atoms. The molecule has 0 aromatic heterocycles. The fourth-order valence-corrected chi connectivity index (χ4v) is 55.4. The number of ketones is 1. The van der Waals surface area contributed by atoms with Gasteiger partial charge in [0.25, 0.3) is 0 Å². The van der Waals surface area contributed by atoms with Crippen LogP contribution in [0.25, 0.3) is 0 Å². The molecule has 1 unspecified atom stereocenters. The number of fused-ring (bicyclic) bond motifs is 10. The first-order valence-electron chi connectivity index (χ1n) is 55.0. The number of morpholine rings is 7. The lowest BCUT2D eigenvalue weighted by Gasteiger charge is -2.55. The van der Waals surface area contributed by atoms with Crippen molar-refractivity contribution in [3.05, 3.63) is 208 Å². The Morgan fingerprint density at radius 3 is 1.01 bits per heavy atom. The number of carbonyl (C=O) groups excluding carboxylic acids is 1. The van der Waals surface area contributed by atoms with E-state index in [1.165, 1.54) is 201 Å². The van der Waals surface area contributed by atoms with Crippen LogP contribution >= 0.6 is 7.14 Å². The molecular weight excluding hydrogens is 1930 g/mol. The van der Waals surface area contributed by atoms with Gasteiger partial charge in [0.2, 0.25) is 0 Å². The molecule has 5 aromatic rings. The summed E-state index contributed by atoms with van der Waals surface area (Å²) < 4.78 is 62.2. The number of aliphatic imine (C=N–C) groups is 5. The van der Waals surface area contributed by atoms with E-state index in [1.807, 2.05) is 0 Å². The van der Waals surface area contributed by atoms with Gasteiger partial charge < -0.3 is 62.4 Å². The van der Waals surface area contributed by atoms with E-state index in [0.717, 1.165) is 184 Å². The van der Waals surface area contributed by atoms with Crippen molar-refractivity contribution in [3.63, 3.8) is 0 Å². The van der Waals surface area contributed by atoms with E-state index in [1.54, 1.807) is 18.8 Å². The van der Waals surface area contributed by atoms with Crippen LogP contribution in [0.1, 0.15) is 144 Å². The van der Waals surface area contributed by atoms with E-state index in [9.17, 15) is 14.5 Å². The Morgan fingerprint density at radius 2 is 0.642 bits per heavy atom. The first kappa shape index (κ1) is 106. The molecule has 5 aliphatic carbocycles. The van der Waals surface area contributed by atoms with Gasteiger partial charge in [-0.2, -0.15) is 0 Å². The molecule has 18 aliphatic rings. The number of phenols is 1. The predicted octanol–water partition coefficient (Wildman–Crippen LogP) is 18.5. The zero-order chi connectivity index (χ0) is 104. The summed E-state index contributed by atoms with van der Waals surface area (Å²) in [5.74, 6) is -0.137. The molecule has 0 saturated carbocycles. The van der Waals surface area contributed by atoms with Gasteiger partial charge in [-0.15, -0.1) is 0 Å². The lowest BCUT2D eigenvalue weighted by molar-refractivity contribution is -0.548. The predicted molar refractivity (Wildman–Crippen MR) is 624 cm³/mol. The fraction of sp³-hybridized carbons (Fsp3) is 0.500. The van der Waals surface area contributed by atoms with Crippen molar-refractivity contribution in [3.8, 4) is 5.75 Å². The fourth-order valence-electron chi connectivity index (χ4n) is 27.7. The number of benzene rings is 5. The lowest BCUT2D eigenvalue weighted by Crippen LogP contribution is -2.66. The zero-order valence-corrected chi connectivity index (χ0v) is 96.5. The molecule has 782 valence electrons. The second kappa shape index (κ2) is 43.6. The van der Waals surface area contributed by atoms with Gasteiger partial charge in [-0.05, 0) is 219 Å². The number of carbonyl (C=O) groups is 1. The van der Waals surface area contributed by atoms with Crippen LogP contribution in [0.5, 0.6) is 5.75 Å². The summed E-state index contributed by atoms with van der Waals surface area (Å²) in [5, 5.41) is 23.0. The molecule has 1 atom stereocenters. The number of piperidine rings is 1. The average Bonchev–Trinajstić information content (AvgIpc) is 0.689.